The smallest absolute Gasteiger partial charge is 0.407 e. The predicted octanol–water partition coefficient (Wildman–Crippen LogP) is 2.28. The van der Waals surface area contributed by atoms with Gasteiger partial charge in [0.1, 0.15) is 5.82 Å². The van der Waals surface area contributed by atoms with Crippen LogP contribution in [-0.4, -0.2) is 71.1 Å². The second kappa shape index (κ2) is 8.42. The molecule has 7 atom stereocenters. The highest BCUT2D eigenvalue weighted by molar-refractivity contribution is 7.89. The number of halogens is 1. The number of hydrogen-bond donors (Lipinski definition) is 2. The third-order valence-corrected chi connectivity index (χ3v) is 9.69. The zero-order valence-electron chi connectivity index (χ0n) is 18.7. The van der Waals surface area contributed by atoms with E-state index in [2.05, 4.69) is 14.7 Å². The van der Waals surface area contributed by atoms with Gasteiger partial charge in [-0.15, -0.1) is 0 Å². The first-order valence-electron chi connectivity index (χ1n) is 11.8. The molecule has 9 nitrogen and oxygen atoms in total. The molecule has 4 aliphatic rings. The molecule has 0 aromatic carbocycles. The van der Waals surface area contributed by atoms with E-state index >= 15 is 0 Å². The Bertz CT molecular complexity index is 1010. The van der Waals surface area contributed by atoms with Gasteiger partial charge in [-0.05, 0) is 57.3 Å². The van der Waals surface area contributed by atoms with Crippen molar-refractivity contribution in [3.63, 3.8) is 0 Å². The third-order valence-electron chi connectivity index (χ3n) is 8.30. The molecule has 2 N–H and O–H groups in total. The first-order valence-corrected chi connectivity index (χ1v) is 13.5. The topological polar surface area (TPSA) is 122 Å². The molecule has 0 spiro atoms. The van der Waals surface area contributed by atoms with Gasteiger partial charge < -0.3 is 9.84 Å². The van der Waals surface area contributed by atoms with E-state index in [0.29, 0.717) is 11.7 Å². The highest BCUT2D eigenvalue weighted by Crippen LogP contribution is 2.61. The van der Waals surface area contributed by atoms with Crippen LogP contribution in [0, 0.1) is 17.7 Å². The van der Waals surface area contributed by atoms with Crippen LogP contribution in [0.4, 0.5) is 9.18 Å². The van der Waals surface area contributed by atoms with Crippen LogP contribution in [-0.2, 0) is 20.2 Å². The Labute approximate surface area is 193 Å². The van der Waals surface area contributed by atoms with Gasteiger partial charge in [0, 0.05) is 17.5 Å². The zero-order valence-corrected chi connectivity index (χ0v) is 19.5. The Hall–Kier alpha value is -1.85. The average molecular weight is 483 g/mol. The van der Waals surface area contributed by atoms with Gasteiger partial charge in [0.05, 0.1) is 36.9 Å². The maximum atomic E-state index is 13.2. The number of sulfonamides is 1. The number of amides is 1. The first-order chi connectivity index (χ1) is 15.7. The SMILES string of the molecule is CCS(=O)(=O)NC1C2CCCC2N(C(=O)O)C1COC1CCC2(c3ncc(F)cn3)CC2C1. The second-order valence-corrected chi connectivity index (χ2v) is 12.0. The molecule has 3 aliphatic carbocycles. The summed E-state index contributed by atoms with van der Waals surface area (Å²) in [5.41, 5.74) is -0.0929. The average Bonchev–Trinajstić information content (AvgIpc) is 3.19. The van der Waals surface area contributed by atoms with E-state index in [1.54, 1.807) is 6.92 Å². The molecule has 1 amide bonds. The van der Waals surface area contributed by atoms with Crippen molar-refractivity contribution in [2.24, 2.45) is 11.8 Å². The molecule has 1 saturated heterocycles. The summed E-state index contributed by atoms with van der Waals surface area (Å²) in [6.45, 7) is 1.76. The van der Waals surface area contributed by atoms with Crippen molar-refractivity contribution in [2.75, 3.05) is 12.4 Å². The van der Waals surface area contributed by atoms with E-state index in [1.807, 2.05) is 0 Å². The first kappa shape index (κ1) is 22.9. The van der Waals surface area contributed by atoms with Crippen LogP contribution in [0.5, 0.6) is 0 Å². The molecule has 0 bridgehead atoms. The minimum Gasteiger partial charge on any atom is -0.465 e. The van der Waals surface area contributed by atoms with E-state index in [4.69, 9.17) is 4.74 Å². The number of fused-ring (bicyclic) bond motifs is 2. The normalized spacial score (nSPS) is 37.6. The van der Waals surface area contributed by atoms with Crippen molar-refractivity contribution in [2.45, 2.75) is 81.5 Å². The molecule has 4 fully saturated rings. The number of carboxylic acid groups (broad SMARTS) is 1. The Morgan fingerprint density at radius 1 is 1.33 bits per heavy atom. The number of carbonyl (C=O) groups is 1. The highest BCUT2D eigenvalue weighted by atomic mass is 32.2. The molecular formula is C22H31FN4O5S. The number of nitrogens with one attached hydrogen (secondary N) is 1. The lowest BCUT2D eigenvalue weighted by Crippen LogP contribution is -2.51. The lowest BCUT2D eigenvalue weighted by molar-refractivity contribution is -0.00986. The quantitative estimate of drug-likeness (QED) is 0.611. The summed E-state index contributed by atoms with van der Waals surface area (Å²) in [6, 6.07) is -1.17. The van der Waals surface area contributed by atoms with Crippen molar-refractivity contribution in [3.05, 3.63) is 24.0 Å². The molecule has 33 heavy (non-hydrogen) atoms. The minimum absolute atomic E-state index is 0.0194. The van der Waals surface area contributed by atoms with Crippen molar-refractivity contribution in [1.82, 2.24) is 19.6 Å². The van der Waals surface area contributed by atoms with Gasteiger partial charge in [-0.25, -0.2) is 32.3 Å². The Morgan fingerprint density at radius 3 is 2.76 bits per heavy atom. The second-order valence-electron chi connectivity index (χ2n) is 9.98. The van der Waals surface area contributed by atoms with Crippen LogP contribution < -0.4 is 4.72 Å². The van der Waals surface area contributed by atoms with Crippen molar-refractivity contribution in [1.29, 1.82) is 0 Å². The van der Waals surface area contributed by atoms with Crippen LogP contribution in [0.3, 0.4) is 0 Å². The molecule has 1 aromatic rings. The maximum absolute atomic E-state index is 13.2. The Balaban J connectivity index is 1.26. The monoisotopic (exact) mass is 482 g/mol. The number of aromatic nitrogens is 2. The lowest BCUT2D eigenvalue weighted by atomic mass is 9.86. The van der Waals surface area contributed by atoms with Gasteiger partial charge in [0.15, 0.2) is 5.82 Å². The van der Waals surface area contributed by atoms with Crippen LogP contribution in [0.2, 0.25) is 0 Å². The summed E-state index contributed by atoms with van der Waals surface area (Å²) < 4.78 is 47.0. The van der Waals surface area contributed by atoms with Gasteiger partial charge in [-0.2, -0.15) is 0 Å². The Morgan fingerprint density at radius 2 is 2.09 bits per heavy atom. The van der Waals surface area contributed by atoms with Crippen molar-refractivity contribution >= 4 is 16.1 Å². The van der Waals surface area contributed by atoms with Crippen LogP contribution in [0.15, 0.2) is 12.4 Å². The summed E-state index contributed by atoms with van der Waals surface area (Å²) in [7, 11) is -3.48. The standard InChI is InChI=1S/C22H31FN4O5S/c1-2-33(30,31)26-19-16-4-3-5-17(16)27(21(28)29)18(19)12-32-15-6-7-22(9-13(22)8-15)20-24-10-14(23)11-25-20/h10-11,13,15-19,26H,2-9,12H2,1H3,(H,28,29). The number of hydrogen-bond acceptors (Lipinski definition) is 6. The molecule has 1 aromatic heterocycles. The van der Waals surface area contributed by atoms with E-state index in [0.717, 1.165) is 44.9 Å². The van der Waals surface area contributed by atoms with Gasteiger partial charge >= 0.3 is 6.09 Å². The predicted molar refractivity (Wildman–Crippen MR) is 117 cm³/mol. The number of likely N-dealkylation sites (tertiary alicyclic amines) is 1. The minimum atomic E-state index is -3.48. The number of rotatable bonds is 7. The largest absolute Gasteiger partial charge is 0.465 e. The molecule has 182 valence electrons. The van der Waals surface area contributed by atoms with E-state index in [-0.39, 0.29) is 35.8 Å². The summed E-state index contributed by atoms with van der Waals surface area (Å²) in [5.74, 6) is 0.562. The maximum Gasteiger partial charge on any atom is 0.407 e. The molecule has 2 heterocycles. The molecule has 5 rings (SSSR count). The summed E-state index contributed by atoms with van der Waals surface area (Å²) in [4.78, 5) is 22.0. The molecule has 1 aliphatic heterocycles. The fraction of sp³-hybridized carbons (Fsp3) is 0.773. The van der Waals surface area contributed by atoms with Gasteiger partial charge in [0.25, 0.3) is 0 Å². The van der Waals surface area contributed by atoms with Gasteiger partial charge in [0.2, 0.25) is 10.0 Å². The van der Waals surface area contributed by atoms with Crippen molar-refractivity contribution < 1.29 is 27.4 Å². The highest BCUT2D eigenvalue weighted by Gasteiger charge is 2.60. The van der Waals surface area contributed by atoms with Crippen LogP contribution in [0.25, 0.3) is 0 Å². The summed E-state index contributed by atoms with van der Waals surface area (Å²) in [5, 5.41) is 9.92. The molecule has 7 unspecified atom stereocenters. The molecule has 0 radical (unpaired) electrons. The molecular weight excluding hydrogens is 451 g/mol. The van der Waals surface area contributed by atoms with Gasteiger partial charge in [-0.1, -0.05) is 6.42 Å². The summed E-state index contributed by atoms with van der Waals surface area (Å²) in [6.07, 6.45) is 7.25. The van der Waals surface area contributed by atoms with Crippen LogP contribution in [0.1, 0.15) is 57.7 Å². The van der Waals surface area contributed by atoms with Crippen molar-refractivity contribution in [3.8, 4) is 0 Å². The molecule has 3 saturated carbocycles. The van der Waals surface area contributed by atoms with E-state index < -0.39 is 34.0 Å². The Kier molecular flexibility index (Phi) is 5.85. The number of ether oxygens (including phenoxy) is 1. The fourth-order valence-electron chi connectivity index (χ4n) is 6.55. The van der Waals surface area contributed by atoms with E-state index in [9.17, 15) is 22.7 Å². The summed E-state index contributed by atoms with van der Waals surface area (Å²) >= 11 is 0. The fourth-order valence-corrected chi connectivity index (χ4v) is 7.47. The zero-order chi connectivity index (χ0) is 23.4. The third kappa shape index (κ3) is 4.12. The molecule has 11 heteroatoms. The lowest BCUT2D eigenvalue weighted by Gasteiger charge is -2.32. The number of nitrogens with zero attached hydrogens (tertiary/aromatic N) is 3. The van der Waals surface area contributed by atoms with Crippen LogP contribution >= 0.6 is 0 Å². The van der Waals surface area contributed by atoms with E-state index in [1.165, 1.54) is 17.3 Å². The van der Waals surface area contributed by atoms with Gasteiger partial charge in [-0.3, -0.25) is 4.90 Å².